The van der Waals surface area contributed by atoms with E-state index in [0.717, 1.165) is 38.2 Å². The van der Waals surface area contributed by atoms with Crippen LogP contribution >= 0.6 is 0 Å². The summed E-state index contributed by atoms with van der Waals surface area (Å²) in [6.07, 6.45) is 1.15. The minimum atomic E-state index is 0.440. The van der Waals surface area contributed by atoms with E-state index < -0.39 is 0 Å². The fourth-order valence-electron chi connectivity index (χ4n) is 2.75. The number of nitrogens with one attached hydrogen (secondary N) is 1. The molecule has 0 amide bonds. The van der Waals surface area contributed by atoms with Crippen LogP contribution in [0.4, 0.5) is 0 Å². The first-order valence-electron chi connectivity index (χ1n) is 7.15. The number of hydrogen-bond acceptors (Lipinski definition) is 3. The van der Waals surface area contributed by atoms with Crippen LogP contribution in [0.25, 0.3) is 0 Å². The van der Waals surface area contributed by atoms with E-state index in [0.29, 0.717) is 12.0 Å². The van der Waals surface area contributed by atoms with Crippen LogP contribution in [0, 0.1) is 17.2 Å². The number of hydrogen-bond donors (Lipinski definition) is 1. The molecule has 0 spiro atoms. The molecule has 1 atom stereocenters. The van der Waals surface area contributed by atoms with Crippen molar-refractivity contribution in [1.82, 2.24) is 10.2 Å². The molecular weight excluding hydrogens is 234 g/mol. The van der Waals surface area contributed by atoms with E-state index in [1.54, 1.807) is 0 Å². The van der Waals surface area contributed by atoms with E-state index in [4.69, 9.17) is 5.26 Å². The zero-order valence-electron chi connectivity index (χ0n) is 11.9. The molecule has 1 saturated heterocycles. The summed E-state index contributed by atoms with van der Waals surface area (Å²) >= 11 is 0. The first-order valence-corrected chi connectivity index (χ1v) is 7.15. The Balaban J connectivity index is 2.22. The highest BCUT2D eigenvalue weighted by Crippen LogP contribution is 2.28. The highest BCUT2D eigenvalue weighted by atomic mass is 15.2. The van der Waals surface area contributed by atoms with Gasteiger partial charge >= 0.3 is 0 Å². The average Bonchev–Trinajstić information content (AvgIpc) is 2.45. The Morgan fingerprint density at radius 2 is 2.05 bits per heavy atom. The second kappa shape index (κ2) is 6.70. The lowest BCUT2D eigenvalue weighted by molar-refractivity contribution is 0.154. The van der Waals surface area contributed by atoms with E-state index >= 15 is 0 Å². The highest BCUT2D eigenvalue weighted by Gasteiger charge is 2.23. The van der Waals surface area contributed by atoms with Crippen molar-refractivity contribution in [3.63, 3.8) is 0 Å². The third-order valence-electron chi connectivity index (χ3n) is 3.69. The maximum atomic E-state index is 9.06. The Bertz CT molecular complexity index is 442. The number of rotatable bonds is 4. The fraction of sp³-hybridized carbons (Fsp3) is 0.562. The summed E-state index contributed by atoms with van der Waals surface area (Å²) in [7, 11) is 0. The normalized spacial score (nSPS) is 18.2. The Hall–Kier alpha value is -1.37. The molecular formula is C16H23N3. The molecule has 0 aromatic heterocycles. The lowest BCUT2D eigenvalue weighted by Crippen LogP contribution is -2.45. The van der Waals surface area contributed by atoms with Crippen LogP contribution in [0.5, 0.6) is 0 Å². The van der Waals surface area contributed by atoms with Gasteiger partial charge in [-0.05, 0) is 30.0 Å². The number of piperazine rings is 1. The molecule has 1 aliphatic rings. The van der Waals surface area contributed by atoms with Gasteiger partial charge in [-0.1, -0.05) is 26.0 Å². The van der Waals surface area contributed by atoms with E-state index in [-0.39, 0.29) is 0 Å². The van der Waals surface area contributed by atoms with Crippen LogP contribution in [0.3, 0.4) is 0 Å². The van der Waals surface area contributed by atoms with Crippen LogP contribution in [0.15, 0.2) is 24.3 Å². The molecule has 0 bridgehead atoms. The molecule has 19 heavy (non-hydrogen) atoms. The van der Waals surface area contributed by atoms with E-state index in [1.165, 1.54) is 5.56 Å². The summed E-state index contributed by atoms with van der Waals surface area (Å²) in [4.78, 5) is 2.55. The molecule has 0 radical (unpaired) electrons. The molecule has 1 aliphatic heterocycles. The van der Waals surface area contributed by atoms with Crippen LogP contribution in [-0.2, 0) is 0 Å². The Morgan fingerprint density at radius 3 is 2.68 bits per heavy atom. The Kier molecular flexibility index (Phi) is 4.95. The van der Waals surface area contributed by atoms with E-state index in [2.05, 4.69) is 42.3 Å². The summed E-state index contributed by atoms with van der Waals surface area (Å²) < 4.78 is 0. The van der Waals surface area contributed by atoms with Crippen LogP contribution in [-0.4, -0.2) is 31.1 Å². The van der Waals surface area contributed by atoms with Crippen LogP contribution in [0.1, 0.15) is 37.4 Å². The molecule has 1 aromatic carbocycles. The smallest absolute Gasteiger partial charge is 0.0991 e. The first-order chi connectivity index (χ1) is 9.20. The molecule has 3 heteroatoms. The van der Waals surface area contributed by atoms with Gasteiger partial charge in [0.05, 0.1) is 11.6 Å². The third-order valence-corrected chi connectivity index (χ3v) is 3.69. The van der Waals surface area contributed by atoms with Crippen molar-refractivity contribution in [2.45, 2.75) is 26.3 Å². The van der Waals surface area contributed by atoms with Crippen molar-refractivity contribution in [3.05, 3.63) is 35.4 Å². The summed E-state index contributed by atoms with van der Waals surface area (Å²) in [5.41, 5.74) is 2.05. The minimum Gasteiger partial charge on any atom is -0.314 e. The lowest BCUT2D eigenvalue weighted by atomic mass is 9.94. The molecule has 3 nitrogen and oxygen atoms in total. The molecule has 1 fully saturated rings. The second-order valence-electron chi connectivity index (χ2n) is 5.67. The minimum absolute atomic E-state index is 0.440. The first kappa shape index (κ1) is 14.0. The molecule has 0 unspecified atom stereocenters. The molecule has 1 heterocycles. The molecule has 102 valence electrons. The van der Waals surface area contributed by atoms with Crippen molar-refractivity contribution >= 4 is 0 Å². The molecule has 0 aliphatic carbocycles. The maximum absolute atomic E-state index is 9.06. The van der Waals surface area contributed by atoms with Gasteiger partial charge in [0.1, 0.15) is 0 Å². The third kappa shape index (κ3) is 3.79. The van der Waals surface area contributed by atoms with Gasteiger partial charge in [0.25, 0.3) is 0 Å². The molecule has 0 saturated carbocycles. The van der Waals surface area contributed by atoms with Gasteiger partial charge in [-0.3, -0.25) is 4.90 Å². The van der Waals surface area contributed by atoms with Crippen molar-refractivity contribution < 1.29 is 0 Å². The Labute approximate surface area is 116 Å². The average molecular weight is 257 g/mol. The number of nitrogens with zero attached hydrogens (tertiary/aromatic N) is 2. The Morgan fingerprint density at radius 1 is 1.32 bits per heavy atom. The van der Waals surface area contributed by atoms with Gasteiger partial charge in [0.15, 0.2) is 0 Å². The van der Waals surface area contributed by atoms with Crippen molar-refractivity contribution in [2.24, 2.45) is 5.92 Å². The maximum Gasteiger partial charge on any atom is 0.0991 e. The van der Waals surface area contributed by atoms with Gasteiger partial charge in [0.2, 0.25) is 0 Å². The standard InChI is InChI=1S/C16H23N3/c1-13(2)10-16(19-8-6-18-7-9-19)15-5-3-4-14(11-15)12-17/h3-5,11,13,16,18H,6-10H2,1-2H3/t16-/m1/s1. The van der Waals surface area contributed by atoms with Gasteiger partial charge < -0.3 is 5.32 Å². The zero-order chi connectivity index (χ0) is 13.7. The molecule has 2 rings (SSSR count). The van der Waals surface area contributed by atoms with Crippen molar-refractivity contribution in [1.29, 1.82) is 5.26 Å². The molecule has 1 N–H and O–H groups in total. The summed E-state index contributed by atoms with van der Waals surface area (Å²) in [6, 6.07) is 10.8. The quantitative estimate of drug-likeness (QED) is 0.901. The van der Waals surface area contributed by atoms with Crippen molar-refractivity contribution in [2.75, 3.05) is 26.2 Å². The van der Waals surface area contributed by atoms with E-state index in [9.17, 15) is 0 Å². The number of benzene rings is 1. The zero-order valence-corrected chi connectivity index (χ0v) is 11.9. The van der Waals surface area contributed by atoms with Crippen molar-refractivity contribution in [3.8, 4) is 6.07 Å². The van der Waals surface area contributed by atoms with Gasteiger partial charge in [-0.15, -0.1) is 0 Å². The van der Waals surface area contributed by atoms with E-state index in [1.807, 2.05) is 12.1 Å². The summed E-state index contributed by atoms with van der Waals surface area (Å²) in [6.45, 7) is 8.84. The van der Waals surface area contributed by atoms with Crippen LogP contribution < -0.4 is 5.32 Å². The summed E-state index contributed by atoms with van der Waals surface area (Å²) in [5, 5.41) is 12.5. The predicted molar refractivity (Wildman–Crippen MR) is 77.8 cm³/mol. The second-order valence-corrected chi connectivity index (χ2v) is 5.67. The fourth-order valence-corrected chi connectivity index (χ4v) is 2.75. The molecule has 1 aromatic rings. The predicted octanol–water partition coefficient (Wildman–Crippen LogP) is 2.55. The van der Waals surface area contributed by atoms with Gasteiger partial charge in [-0.2, -0.15) is 5.26 Å². The van der Waals surface area contributed by atoms with Gasteiger partial charge in [0, 0.05) is 32.2 Å². The largest absolute Gasteiger partial charge is 0.314 e. The lowest BCUT2D eigenvalue weighted by Gasteiger charge is -2.36. The monoisotopic (exact) mass is 257 g/mol. The van der Waals surface area contributed by atoms with Crippen LogP contribution in [0.2, 0.25) is 0 Å². The topological polar surface area (TPSA) is 39.1 Å². The summed E-state index contributed by atoms with van der Waals surface area (Å²) in [5.74, 6) is 0.658. The van der Waals surface area contributed by atoms with Gasteiger partial charge in [-0.25, -0.2) is 0 Å². The number of nitriles is 1. The SMILES string of the molecule is CC(C)C[C@H](c1cccc(C#N)c1)N1CCNCC1. The highest BCUT2D eigenvalue weighted by molar-refractivity contribution is 5.34.